The molecule has 3 aromatic carbocycles. The predicted molar refractivity (Wildman–Crippen MR) is 102 cm³/mol. The van der Waals surface area contributed by atoms with Crippen molar-refractivity contribution in [1.82, 2.24) is 0 Å². The molecule has 112 valence electrons. The van der Waals surface area contributed by atoms with Crippen LogP contribution in [0.2, 0.25) is 0 Å². The minimum atomic E-state index is 0.727. The number of benzene rings is 3. The first-order valence-corrected chi connectivity index (χ1v) is 8.57. The Bertz CT molecular complexity index is 876. The standard InChI is InChI=1S/C19H14N2S2/c22-19(13-7-2-1-3-8-13)21-15-10-6-12-17-18(15)20-14-9-4-5-11-16(14)23-17/h1-12,20H,(H,21,22). The highest BCUT2D eigenvalue weighted by atomic mass is 32.2. The van der Waals surface area contributed by atoms with Gasteiger partial charge in [0, 0.05) is 15.4 Å². The lowest BCUT2D eigenvalue weighted by molar-refractivity contribution is 1.31. The Balaban J connectivity index is 1.66. The second kappa shape index (κ2) is 6.07. The first kappa shape index (κ1) is 14.3. The van der Waals surface area contributed by atoms with Crippen molar-refractivity contribution in [3.8, 4) is 0 Å². The Morgan fingerprint density at radius 3 is 2.43 bits per heavy atom. The third kappa shape index (κ3) is 2.83. The summed E-state index contributed by atoms with van der Waals surface area (Å²) in [6.45, 7) is 0. The van der Waals surface area contributed by atoms with Gasteiger partial charge in [-0.15, -0.1) is 0 Å². The molecular weight excluding hydrogens is 320 g/mol. The molecule has 23 heavy (non-hydrogen) atoms. The normalized spacial score (nSPS) is 11.8. The molecular formula is C19H14N2S2. The van der Waals surface area contributed by atoms with Crippen molar-refractivity contribution in [3.63, 3.8) is 0 Å². The highest BCUT2D eigenvalue weighted by Crippen LogP contribution is 2.46. The minimum Gasteiger partial charge on any atom is -0.352 e. The van der Waals surface area contributed by atoms with Gasteiger partial charge in [0.05, 0.1) is 17.1 Å². The molecule has 3 aromatic rings. The molecule has 0 spiro atoms. The number of anilines is 3. The Kier molecular flexibility index (Phi) is 3.77. The fraction of sp³-hybridized carbons (Fsp3) is 0. The van der Waals surface area contributed by atoms with Gasteiger partial charge in [0.1, 0.15) is 4.99 Å². The molecule has 2 N–H and O–H groups in total. The van der Waals surface area contributed by atoms with Crippen LogP contribution in [-0.4, -0.2) is 4.99 Å². The van der Waals surface area contributed by atoms with Crippen LogP contribution in [0.4, 0.5) is 17.1 Å². The molecule has 4 rings (SSSR count). The smallest absolute Gasteiger partial charge is 0.111 e. The van der Waals surface area contributed by atoms with E-state index in [-0.39, 0.29) is 0 Å². The quantitative estimate of drug-likeness (QED) is 0.460. The van der Waals surface area contributed by atoms with E-state index in [0.29, 0.717) is 0 Å². The molecule has 0 radical (unpaired) electrons. The van der Waals surface area contributed by atoms with Gasteiger partial charge in [-0.1, -0.05) is 72.5 Å². The third-order valence-electron chi connectivity index (χ3n) is 3.68. The zero-order valence-electron chi connectivity index (χ0n) is 12.2. The lowest BCUT2D eigenvalue weighted by Crippen LogP contribution is -2.12. The fourth-order valence-corrected chi connectivity index (χ4v) is 3.81. The summed E-state index contributed by atoms with van der Waals surface area (Å²) in [4.78, 5) is 3.16. The van der Waals surface area contributed by atoms with Crippen LogP contribution in [0.25, 0.3) is 0 Å². The van der Waals surface area contributed by atoms with Crippen LogP contribution >= 0.6 is 24.0 Å². The molecule has 1 heterocycles. The molecule has 1 aliphatic rings. The molecule has 0 saturated carbocycles. The summed E-state index contributed by atoms with van der Waals surface area (Å²) in [5.41, 5.74) is 4.22. The van der Waals surface area contributed by atoms with Crippen molar-refractivity contribution in [2.75, 3.05) is 10.6 Å². The van der Waals surface area contributed by atoms with Crippen molar-refractivity contribution < 1.29 is 0 Å². The summed E-state index contributed by atoms with van der Waals surface area (Å²) in [7, 11) is 0. The minimum absolute atomic E-state index is 0.727. The molecule has 0 saturated heterocycles. The molecule has 0 amide bonds. The molecule has 0 aliphatic carbocycles. The van der Waals surface area contributed by atoms with Crippen LogP contribution in [0.1, 0.15) is 5.56 Å². The average Bonchev–Trinajstić information content (AvgIpc) is 2.61. The first-order valence-electron chi connectivity index (χ1n) is 7.34. The van der Waals surface area contributed by atoms with E-state index in [4.69, 9.17) is 12.2 Å². The van der Waals surface area contributed by atoms with E-state index < -0.39 is 0 Å². The van der Waals surface area contributed by atoms with Crippen LogP contribution < -0.4 is 10.6 Å². The highest BCUT2D eigenvalue weighted by molar-refractivity contribution is 7.99. The summed E-state index contributed by atoms with van der Waals surface area (Å²) in [6.07, 6.45) is 0. The first-order chi connectivity index (χ1) is 11.3. The van der Waals surface area contributed by atoms with Crippen LogP contribution in [0.15, 0.2) is 82.6 Å². The van der Waals surface area contributed by atoms with Gasteiger partial charge in [-0.2, -0.15) is 0 Å². The van der Waals surface area contributed by atoms with Crippen LogP contribution in [-0.2, 0) is 0 Å². The van der Waals surface area contributed by atoms with Crippen molar-refractivity contribution in [3.05, 3.63) is 78.4 Å². The van der Waals surface area contributed by atoms with E-state index >= 15 is 0 Å². The lowest BCUT2D eigenvalue weighted by Gasteiger charge is -2.23. The van der Waals surface area contributed by atoms with E-state index in [0.717, 1.165) is 27.6 Å². The molecule has 2 nitrogen and oxygen atoms in total. The molecule has 0 bridgehead atoms. The number of thiocarbonyl (C=S) groups is 1. The summed E-state index contributed by atoms with van der Waals surface area (Å²) in [5, 5.41) is 6.90. The molecule has 0 atom stereocenters. The number of fused-ring (bicyclic) bond motifs is 2. The van der Waals surface area contributed by atoms with Crippen LogP contribution in [0, 0.1) is 0 Å². The SMILES string of the molecule is S=C(Nc1cccc2c1Nc1ccccc1S2)c1ccccc1. The van der Waals surface area contributed by atoms with Gasteiger partial charge in [0.25, 0.3) is 0 Å². The average molecular weight is 334 g/mol. The second-order valence-electron chi connectivity index (χ2n) is 5.22. The van der Waals surface area contributed by atoms with Gasteiger partial charge in [0.2, 0.25) is 0 Å². The fourth-order valence-electron chi connectivity index (χ4n) is 2.55. The van der Waals surface area contributed by atoms with Gasteiger partial charge in [-0.3, -0.25) is 0 Å². The summed E-state index contributed by atoms with van der Waals surface area (Å²) >= 11 is 7.31. The number of hydrogen-bond donors (Lipinski definition) is 2. The van der Waals surface area contributed by atoms with Crippen molar-refractivity contribution in [2.24, 2.45) is 0 Å². The molecule has 1 aliphatic heterocycles. The zero-order chi connectivity index (χ0) is 15.6. The number of nitrogens with one attached hydrogen (secondary N) is 2. The van der Waals surface area contributed by atoms with E-state index in [1.54, 1.807) is 11.8 Å². The number of rotatable bonds is 2. The molecule has 0 unspecified atom stereocenters. The monoisotopic (exact) mass is 334 g/mol. The van der Waals surface area contributed by atoms with Gasteiger partial charge < -0.3 is 10.6 Å². The van der Waals surface area contributed by atoms with Crippen molar-refractivity contribution in [1.29, 1.82) is 0 Å². The topological polar surface area (TPSA) is 24.1 Å². The number of para-hydroxylation sites is 2. The van der Waals surface area contributed by atoms with Crippen LogP contribution in [0.5, 0.6) is 0 Å². The van der Waals surface area contributed by atoms with Crippen molar-refractivity contribution in [2.45, 2.75) is 9.79 Å². The number of hydrogen-bond acceptors (Lipinski definition) is 3. The lowest BCUT2D eigenvalue weighted by atomic mass is 10.2. The van der Waals surface area contributed by atoms with Gasteiger partial charge in [-0.25, -0.2) is 0 Å². The molecule has 4 heteroatoms. The summed E-state index contributed by atoms with van der Waals surface area (Å²) in [6, 6.07) is 24.6. The Hall–Kier alpha value is -2.30. The van der Waals surface area contributed by atoms with E-state index in [1.165, 1.54) is 9.79 Å². The van der Waals surface area contributed by atoms with Crippen LogP contribution in [0.3, 0.4) is 0 Å². The van der Waals surface area contributed by atoms with Gasteiger partial charge in [0.15, 0.2) is 0 Å². The third-order valence-corrected chi connectivity index (χ3v) is 5.15. The molecule has 0 aromatic heterocycles. The Morgan fingerprint density at radius 1 is 0.826 bits per heavy atom. The second-order valence-corrected chi connectivity index (χ2v) is 6.71. The Labute approximate surface area is 144 Å². The van der Waals surface area contributed by atoms with E-state index in [2.05, 4.69) is 47.0 Å². The maximum atomic E-state index is 5.54. The highest BCUT2D eigenvalue weighted by Gasteiger charge is 2.18. The Morgan fingerprint density at radius 2 is 1.57 bits per heavy atom. The largest absolute Gasteiger partial charge is 0.352 e. The van der Waals surface area contributed by atoms with Crippen molar-refractivity contribution >= 4 is 46.0 Å². The predicted octanol–water partition coefficient (Wildman–Crippen LogP) is 5.68. The molecule has 0 fully saturated rings. The van der Waals surface area contributed by atoms with Gasteiger partial charge in [-0.05, 0) is 24.3 Å². The maximum absolute atomic E-state index is 5.54. The summed E-state index contributed by atoms with van der Waals surface area (Å²) in [5.74, 6) is 0. The summed E-state index contributed by atoms with van der Waals surface area (Å²) < 4.78 is 0. The zero-order valence-corrected chi connectivity index (χ0v) is 13.9. The van der Waals surface area contributed by atoms with Gasteiger partial charge >= 0.3 is 0 Å². The van der Waals surface area contributed by atoms with E-state index in [1.807, 2.05) is 36.4 Å². The van der Waals surface area contributed by atoms with E-state index in [9.17, 15) is 0 Å². The maximum Gasteiger partial charge on any atom is 0.111 e.